The van der Waals surface area contributed by atoms with Crippen molar-refractivity contribution in [3.63, 3.8) is 0 Å². The molecule has 0 spiro atoms. The number of rotatable bonds is 4. The normalized spacial score (nSPS) is 11.5. The van der Waals surface area contributed by atoms with Gasteiger partial charge in [-0.25, -0.2) is 0 Å². The van der Waals surface area contributed by atoms with E-state index < -0.39 is 11.7 Å². The van der Waals surface area contributed by atoms with Gasteiger partial charge in [0.1, 0.15) is 12.4 Å². The number of alkyl halides is 3. The molecule has 112 valence electrons. The van der Waals surface area contributed by atoms with E-state index in [1.54, 1.807) is 0 Å². The highest BCUT2D eigenvalue weighted by molar-refractivity contribution is 5.33. The number of ether oxygens (including phenoxy) is 1. The molecule has 21 heavy (non-hydrogen) atoms. The molecule has 0 aliphatic carbocycles. The van der Waals surface area contributed by atoms with Crippen LogP contribution in [0.25, 0.3) is 0 Å². The maximum atomic E-state index is 12.6. The molecule has 0 unspecified atom stereocenters. The van der Waals surface area contributed by atoms with Crippen LogP contribution in [0.4, 0.5) is 13.2 Å². The number of aryl methyl sites for hydroxylation is 1. The van der Waals surface area contributed by atoms with E-state index >= 15 is 0 Å². The van der Waals surface area contributed by atoms with Crippen molar-refractivity contribution in [1.82, 2.24) is 0 Å². The Labute approximate surface area is 121 Å². The van der Waals surface area contributed by atoms with Crippen molar-refractivity contribution < 1.29 is 17.9 Å². The van der Waals surface area contributed by atoms with Crippen LogP contribution >= 0.6 is 0 Å². The van der Waals surface area contributed by atoms with Gasteiger partial charge in [-0.15, -0.1) is 0 Å². The average molecular weight is 295 g/mol. The third-order valence-corrected chi connectivity index (χ3v) is 3.20. The lowest BCUT2D eigenvalue weighted by Crippen LogP contribution is -2.05. The Hall–Kier alpha value is -2.01. The molecule has 0 saturated heterocycles. The van der Waals surface area contributed by atoms with Crippen molar-refractivity contribution in [3.8, 4) is 5.75 Å². The minimum atomic E-state index is -4.36. The standard InChI is InChI=1S/C16H16F3NO/c1-11-7-12(9-20)5-6-13(11)10-21-15-4-2-3-14(8-15)16(17,18)19/h2-8H,9-10,20H2,1H3. The van der Waals surface area contributed by atoms with Crippen LogP contribution in [0.5, 0.6) is 5.75 Å². The predicted molar refractivity (Wildman–Crippen MR) is 74.8 cm³/mol. The molecule has 0 amide bonds. The molecule has 5 heteroatoms. The Morgan fingerprint density at radius 2 is 1.86 bits per heavy atom. The lowest BCUT2D eigenvalue weighted by atomic mass is 10.1. The maximum absolute atomic E-state index is 12.6. The van der Waals surface area contributed by atoms with Gasteiger partial charge in [-0.2, -0.15) is 13.2 Å². The second-order valence-corrected chi connectivity index (χ2v) is 4.78. The van der Waals surface area contributed by atoms with Gasteiger partial charge >= 0.3 is 6.18 Å². The third-order valence-electron chi connectivity index (χ3n) is 3.20. The van der Waals surface area contributed by atoms with Crippen molar-refractivity contribution in [3.05, 3.63) is 64.7 Å². The summed E-state index contributed by atoms with van der Waals surface area (Å²) in [6.07, 6.45) is -4.36. The first-order valence-electron chi connectivity index (χ1n) is 6.48. The number of hydrogen-bond acceptors (Lipinski definition) is 2. The van der Waals surface area contributed by atoms with Crippen LogP contribution in [0.1, 0.15) is 22.3 Å². The van der Waals surface area contributed by atoms with Gasteiger partial charge in [-0.3, -0.25) is 0 Å². The molecular formula is C16H16F3NO. The van der Waals surface area contributed by atoms with Crippen LogP contribution in [0.3, 0.4) is 0 Å². The van der Waals surface area contributed by atoms with Crippen LogP contribution < -0.4 is 10.5 Å². The molecule has 2 N–H and O–H groups in total. The summed E-state index contributed by atoms with van der Waals surface area (Å²) in [5.41, 5.74) is 7.78. The first-order valence-corrected chi connectivity index (χ1v) is 6.48. The van der Waals surface area contributed by atoms with Crippen molar-refractivity contribution in [1.29, 1.82) is 0 Å². The third kappa shape index (κ3) is 3.98. The summed E-state index contributed by atoms with van der Waals surface area (Å²) in [6, 6.07) is 10.6. The van der Waals surface area contributed by atoms with Crippen LogP contribution in [0.2, 0.25) is 0 Å². The van der Waals surface area contributed by atoms with Crippen LogP contribution in [0.15, 0.2) is 42.5 Å². The van der Waals surface area contributed by atoms with E-state index in [9.17, 15) is 13.2 Å². The Morgan fingerprint density at radius 3 is 2.48 bits per heavy atom. The monoisotopic (exact) mass is 295 g/mol. The van der Waals surface area contributed by atoms with E-state index in [1.165, 1.54) is 12.1 Å². The largest absolute Gasteiger partial charge is 0.489 e. The molecule has 0 saturated carbocycles. The van der Waals surface area contributed by atoms with Gasteiger partial charge in [-0.05, 0) is 41.8 Å². The number of nitrogens with two attached hydrogens (primary N) is 1. The Morgan fingerprint density at radius 1 is 1.10 bits per heavy atom. The maximum Gasteiger partial charge on any atom is 0.416 e. The minimum absolute atomic E-state index is 0.201. The van der Waals surface area contributed by atoms with Gasteiger partial charge in [0.05, 0.1) is 5.56 Å². The van der Waals surface area contributed by atoms with Gasteiger partial charge in [0, 0.05) is 6.54 Å². The molecule has 2 rings (SSSR count). The van der Waals surface area contributed by atoms with Gasteiger partial charge in [0.2, 0.25) is 0 Å². The van der Waals surface area contributed by atoms with E-state index in [2.05, 4.69) is 0 Å². The zero-order valence-corrected chi connectivity index (χ0v) is 11.6. The summed E-state index contributed by atoms with van der Waals surface area (Å²) < 4.78 is 43.3. The second-order valence-electron chi connectivity index (χ2n) is 4.78. The van der Waals surface area contributed by atoms with E-state index in [0.717, 1.165) is 28.8 Å². The van der Waals surface area contributed by atoms with Crippen molar-refractivity contribution in [2.75, 3.05) is 0 Å². The highest BCUT2D eigenvalue weighted by Crippen LogP contribution is 2.31. The zero-order chi connectivity index (χ0) is 15.5. The van der Waals surface area contributed by atoms with Gasteiger partial charge < -0.3 is 10.5 Å². The molecule has 0 bridgehead atoms. The SMILES string of the molecule is Cc1cc(CN)ccc1COc1cccc(C(F)(F)F)c1. The molecule has 2 aromatic rings. The molecule has 0 radical (unpaired) electrons. The van der Waals surface area contributed by atoms with Crippen LogP contribution in [0, 0.1) is 6.92 Å². The number of hydrogen-bond donors (Lipinski definition) is 1. The minimum Gasteiger partial charge on any atom is -0.489 e. The zero-order valence-electron chi connectivity index (χ0n) is 11.6. The molecular weight excluding hydrogens is 279 g/mol. The van der Waals surface area contributed by atoms with Gasteiger partial charge in [0.15, 0.2) is 0 Å². The lowest BCUT2D eigenvalue weighted by molar-refractivity contribution is -0.137. The molecule has 2 nitrogen and oxygen atoms in total. The van der Waals surface area contributed by atoms with E-state index in [0.29, 0.717) is 6.54 Å². The predicted octanol–water partition coefficient (Wildman–Crippen LogP) is 4.05. The number of halogens is 3. The number of benzene rings is 2. The molecule has 0 aliphatic heterocycles. The van der Waals surface area contributed by atoms with Gasteiger partial charge in [0.25, 0.3) is 0 Å². The molecule has 2 aromatic carbocycles. The first-order chi connectivity index (χ1) is 9.90. The summed E-state index contributed by atoms with van der Waals surface area (Å²) in [7, 11) is 0. The summed E-state index contributed by atoms with van der Waals surface area (Å²) >= 11 is 0. The highest BCUT2D eigenvalue weighted by atomic mass is 19.4. The quantitative estimate of drug-likeness (QED) is 0.923. The molecule has 0 aliphatic rings. The van der Waals surface area contributed by atoms with Crippen molar-refractivity contribution in [2.45, 2.75) is 26.3 Å². The topological polar surface area (TPSA) is 35.2 Å². The van der Waals surface area contributed by atoms with Crippen LogP contribution in [-0.4, -0.2) is 0 Å². The summed E-state index contributed by atoms with van der Waals surface area (Å²) in [4.78, 5) is 0. The summed E-state index contributed by atoms with van der Waals surface area (Å²) in [5.74, 6) is 0.201. The smallest absolute Gasteiger partial charge is 0.416 e. The molecule has 0 fully saturated rings. The Bertz CT molecular complexity index is 623. The van der Waals surface area contributed by atoms with Crippen molar-refractivity contribution >= 4 is 0 Å². The first kappa shape index (κ1) is 15.4. The van der Waals surface area contributed by atoms with Crippen molar-refractivity contribution in [2.24, 2.45) is 5.73 Å². The van der Waals surface area contributed by atoms with E-state index in [1.807, 2.05) is 25.1 Å². The fraction of sp³-hybridized carbons (Fsp3) is 0.250. The fourth-order valence-corrected chi connectivity index (χ4v) is 1.97. The highest BCUT2D eigenvalue weighted by Gasteiger charge is 2.30. The molecule has 0 heterocycles. The average Bonchev–Trinajstić information content (AvgIpc) is 2.45. The van der Waals surface area contributed by atoms with Crippen LogP contribution in [-0.2, 0) is 19.3 Å². The fourth-order valence-electron chi connectivity index (χ4n) is 1.97. The summed E-state index contributed by atoms with van der Waals surface area (Å²) in [6.45, 7) is 2.59. The second kappa shape index (κ2) is 6.18. The molecule has 0 aromatic heterocycles. The Balaban J connectivity index is 2.10. The van der Waals surface area contributed by atoms with Gasteiger partial charge in [-0.1, -0.05) is 24.3 Å². The Kier molecular flexibility index (Phi) is 4.53. The molecule has 0 atom stereocenters. The van der Waals surface area contributed by atoms with E-state index in [4.69, 9.17) is 10.5 Å². The van der Waals surface area contributed by atoms with E-state index in [-0.39, 0.29) is 12.4 Å². The summed E-state index contributed by atoms with van der Waals surface area (Å²) in [5, 5.41) is 0. The lowest BCUT2D eigenvalue weighted by Gasteiger charge is -2.12.